The third-order valence-corrected chi connectivity index (χ3v) is 2.07. The van der Waals surface area contributed by atoms with Crippen LogP contribution in [0.1, 0.15) is 19.3 Å². The average molecular weight is 142 g/mol. The largest absolute Gasteiger partial charge is 0.368 e. The van der Waals surface area contributed by atoms with E-state index < -0.39 is 5.60 Å². The fourth-order valence-electron chi connectivity index (χ4n) is 1.28. The topological polar surface area (TPSA) is 52.3 Å². The van der Waals surface area contributed by atoms with Gasteiger partial charge in [0, 0.05) is 7.11 Å². The van der Waals surface area contributed by atoms with Crippen LogP contribution in [0.3, 0.4) is 0 Å². The molecule has 1 atom stereocenters. The van der Waals surface area contributed by atoms with E-state index in [2.05, 4.69) is 0 Å². The molecule has 2 N–H and O–H groups in total. The number of rotatable bonds is 2. The predicted molar refractivity (Wildman–Crippen MR) is 37.1 cm³/mol. The molecule has 0 aromatic rings. The van der Waals surface area contributed by atoms with Crippen LogP contribution in [0.5, 0.6) is 0 Å². The van der Waals surface area contributed by atoms with Crippen molar-refractivity contribution in [3.8, 4) is 0 Å². The van der Waals surface area contributed by atoms with Crippen molar-refractivity contribution in [2.45, 2.75) is 24.9 Å². The smallest absolute Gasteiger partial charge is 0.249 e. The van der Waals surface area contributed by atoms with Crippen LogP contribution < -0.4 is 5.73 Å². The van der Waals surface area contributed by atoms with Crippen molar-refractivity contribution in [1.29, 1.82) is 0 Å². The maximum atomic E-state index is 10.8. The zero-order valence-corrected chi connectivity index (χ0v) is 6.09. The number of nitrogens with two attached hydrogens (primary N) is 1. The first-order chi connectivity index (χ1) is 4.71. The van der Waals surface area contributed by atoms with Gasteiger partial charge in [0.15, 0.2) is 0 Å². The summed E-state index contributed by atoms with van der Waals surface area (Å²) in [6.07, 6.45) is 4.36. The second-order valence-electron chi connectivity index (χ2n) is 2.59. The quantitative estimate of drug-likeness (QED) is 0.600. The Morgan fingerprint density at radius 3 is 2.70 bits per heavy atom. The first-order valence-electron chi connectivity index (χ1n) is 3.38. The summed E-state index contributed by atoms with van der Waals surface area (Å²) in [4.78, 5) is 10.8. The van der Waals surface area contributed by atoms with Gasteiger partial charge in [-0.15, -0.1) is 0 Å². The first kappa shape index (κ1) is 7.54. The molecule has 0 aromatic heterocycles. The van der Waals surface area contributed by atoms with Gasteiger partial charge in [-0.25, -0.2) is 0 Å². The summed E-state index contributed by atoms with van der Waals surface area (Å²) in [7, 11) is 1.53. The number of hydrogen-bond acceptors (Lipinski definition) is 2. The molecule has 0 aliphatic heterocycles. The van der Waals surface area contributed by atoms with E-state index in [-0.39, 0.29) is 5.91 Å². The van der Waals surface area contributed by atoms with Crippen LogP contribution in [0.4, 0.5) is 0 Å². The summed E-state index contributed by atoms with van der Waals surface area (Å²) in [6, 6.07) is 0. The van der Waals surface area contributed by atoms with Crippen molar-refractivity contribution in [2.75, 3.05) is 7.11 Å². The monoisotopic (exact) mass is 142 g/mol. The van der Waals surface area contributed by atoms with E-state index in [0.717, 1.165) is 12.8 Å². The van der Waals surface area contributed by atoms with Crippen LogP contribution >= 0.6 is 0 Å². The van der Waals surface area contributed by atoms with Crippen LogP contribution in [0, 0.1) is 6.42 Å². The van der Waals surface area contributed by atoms with Crippen molar-refractivity contribution in [1.82, 2.24) is 0 Å². The summed E-state index contributed by atoms with van der Waals surface area (Å²) in [6.45, 7) is 0. The normalized spacial score (nSPS) is 22.9. The zero-order valence-electron chi connectivity index (χ0n) is 6.09. The summed E-state index contributed by atoms with van der Waals surface area (Å²) in [5.74, 6) is -0.344. The van der Waals surface area contributed by atoms with E-state index in [9.17, 15) is 4.79 Å². The molecule has 1 rings (SSSR count). The van der Waals surface area contributed by atoms with Crippen LogP contribution in [0.15, 0.2) is 0 Å². The number of methoxy groups -OCH3 is 1. The third-order valence-electron chi connectivity index (χ3n) is 2.07. The Bertz CT molecular complexity index is 139. The molecule has 0 spiro atoms. The van der Waals surface area contributed by atoms with E-state index in [0.29, 0.717) is 6.42 Å². The molecule has 1 aliphatic carbocycles. The molecule has 10 heavy (non-hydrogen) atoms. The molecule has 0 aromatic carbocycles. The van der Waals surface area contributed by atoms with Gasteiger partial charge in [-0.2, -0.15) is 0 Å². The Kier molecular flexibility index (Phi) is 1.94. The second-order valence-corrected chi connectivity index (χ2v) is 2.59. The van der Waals surface area contributed by atoms with E-state index in [1.165, 1.54) is 7.11 Å². The lowest BCUT2D eigenvalue weighted by atomic mass is 10.0. The van der Waals surface area contributed by atoms with Gasteiger partial charge >= 0.3 is 0 Å². The SMILES string of the molecule is CO[C@]1(C(N)=O)C[CH]CC1. The van der Waals surface area contributed by atoms with Gasteiger partial charge in [0.25, 0.3) is 0 Å². The molecule has 3 heteroatoms. The van der Waals surface area contributed by atoms with Crippen molar-refractivity contribution < 1.29 is 9.53 Å². The summed E-state index contributed by atoms with van der Waals surface area (Å²) >= 11 is 0. The van der Waals surface area contributed by atoms with E-state index in [4.69, 9.17) is 10.5 Å². The fourth-order valence-corrected chi connectivity index (χ4v) is 1.28. The predicted octanol–water partition coefficient (Wildman–Crippen LogP) is 0.245. The van der Waals surface area contributed by atoms with Crippen LogP contribution in [0.2, 0.25) is 0 Å². The minimum absolute atomic E-state index is 0.344. The molecule has 0 unspecified atom stereocenters. The molecular weight excluding hydrogens is 130 g/mol. The zero-order chi connectivity index (χ0) is 7.61. The van der Waals surface area contributed by atoms with Crippen molar-refractivity contribution in [3.05, 3.63) is 6.42 Å². The lowest BCUT2D eigenvalue weighted by molar-refractivity contribution is -0.138. The average Bonchev–Trinajstić information content (AvgIpc) is 2.35. The summed E-state index contributed by atoms with van der Waals surface area (Å²) in [5, 5.41) is 0. The second kappa shape index (κ2) is 2.58. The molecular formula is C7H12NO2. The highest BCUT2D eigenvalue weighted by molar-refractivity contribution is 5.84. The maximum absolute atomic E-state index is 10.8. The molecule has 1 radical (unpaired) electrons. The minimum Gasteiger partial charge on any atom is -0.368 e. The summed E-state index contributed by atoms with van der Waals surface area (Å²) < 4.78 is 5.05. The van der Waals surface area contributed by atoms with Crippen LogP contribution in [-0.4, -0.2) is 18.6 Å². The molecule has 1 fully saturated rings. The molecule has 1 saturated carbocycles. The highest BCUT2D eigenvalue weighted by Gasteiger charge is 2.39. The van der Waals surface area contributed by atoms with Crippen LogP contribution in [0.25, 0.3) is 0 Å². The molecule has 0 heterocycles. The van der Waals surface area contributed by atoms with Gasteiger partial charge in [-0.1, -0.05) is 0 Å². The van der Waals surface area contributed by atoms with Crippen molar-refractivity contribution in [2.24, 2.45) is 5.73 Å². The van der Waals surface area contributed by atoms with Gasteiger partial charge < -0.3 is 10.5 Å². The van der Waals surface area contributed by atoms with Gasteiger partial charge in [0.05, 0.1) is 0 Å². The van der Waals surface area contributed by atoms with E-state index in [1.807, 2.05) is 6.42 Å². The highest BCUT2D eigenvalue weighted by atomic mass is 16.5. The Balaban J connectivity index is 2.67. The number of carbonyl (C=O) groups excluding carboxylic acids is 1. The molecule has 3 nitrogen and oxygen atoms in total. The first-order valence-corrected chi connectivity index (χ1v) is 3.38. The fraction of sp³-hybridized carbons (Fsp3) is 0.714. The van der Waals surface area contributed by atoms with E-state index in [1.54, 1.807) is 0 Å². The van der Waals surface area contributed by atoms with Gasteiger partial charge in [0.1, 0.15) is 5.60 Å². The van der Waals surface area contributed by atoms with Crippen molar-refractivity contribution in [3.63, 3.8) is 0 Å². The van der Waals surface area contributed by atoms with Crippen molar-refractivity contribution >= 4 is 5.91 Å². The molecule has 57 valence electrons. The molecule has 1 aliphatic rings. The Morgan fingerprint density at radius 1 is 1.80 bits per heavy atom. The molecule has 0 saturated heterocycles. The van der Waals surface area contributed by atoms with E-state index >= 15 is 0 Å². The molecule has 0 bridgehead atoms. The Labute approximate surface area is 60.5 Å². The highest BCUT2D eigenvalue weighted by Crippen LogP contribution is 2.31. The number of amides is 1. The van der Waals surface area contributed by atoms with Gasteiger partial charge in [-0.3, -0.25) is 4.79 Å². The van der Waals surface area contributed by atoms with Gasteiger partial charge in [-0.05, 0) is 25.7 Å². The van der Waals surface area contributed by atoms with Crippen LogP contribution in [-0.2, 0) is 9.53 Å². The number of hydrogen-bond donors (Lipinski definition) is 1. The summed E-state index contributed by atoms with van der Waals surface area (Å²) in [5.41, 5.74) is 4.48. The standard InChI is InChI=1S/C7H12NO2/c1-10-7(6(8)9)4-2-3-5-7/h2H,3-5H2,1H3,(H2,8,9)/t7-/m1/s1. The van der Waals surface area contributed by atoms with Gasteiger partial charge in [0.2, 0.25) is 5.91 Å². The lowest BCUT2D eigenvalue weighted by Gasteiger charge is -2.22. The number of primary amides is 1. The maximum Gasteiger partial charge on any atom is 0.249 e. The molecule has 1 amide bonds. The Hall–Kier alpha value is -0.570. The lowest BCUT2D eigenvalue weighted by Crippen LogP contribution is -2.42. The third kappa shape index (κ3) is 1.01. The number of carbonyl (C=O) groups is 1. The Morgan fingerprint density at radius 2 is 2.50 bits per heavy atom. The number of ether oxygens (including phenoxy) is 1. The minimum atomic E-state index is -0.681.